The molecule has 10 nitrogen and oxygen atoms in total. The minimum atomic E-state index is -0.883. The van der Waals surface area contributed by atoms with Gasteiger partial charge in [-0.1, -0.05) is 42.5 Å². The summed E-state index contributed by atoms with van der Waals surface area (Å²) in [4.78, 5) is 41.6. The van der Waals surface area contributed by atoms with Crippen molar-refractivity contribution in [3.8, 4) is 0 Å². The lowest BCUT2D eigenvalue weighted by Gasteiger charge is -2.22. The number of carbonyl (C=O) groups excluding carboxylic acids is 3. The first kappa shape index (κ1) is 26.5. The normalized spacial score (nSPS) is 12.2. The Labute approximate surface area is 213 Å². The van der Waals surface area contributed by atoms with Crippen molar-refractivity contribution < 1.29 is 23.9 Å². The predicted molar refractivity (Wildman–Crippen MR) is 138 cm³/mol. The summed E-state index contributed by atoms with van der Waals surface area (Å²) in [7, 11) is 1.24. The van der Waals surface area contributed by atoms with Crippen LogP contribution in [0.1, 0.15) is 29.1 Å². The van der Waals surface area contributed by atoms with Crippen LogP contribution in [-0.4, -0.2) is 42.8 Å². The van der Waals surface area contributed by atoms with Crippen LogP contribution in [0.5, 0.6) is 0 Å². The summed E-state index contributed by atoms with van der Waals surface area (Å²) >= 11 is 1.28. The maximum Gasteiger partial charge on any atom is 0.412 e. The van der Waals surface area contributed by atoms with Gasteiger partial charge in [-0.05, 0) is 36.6 Å². The molecule has 3 aromatic rings. The molecule has 0 spiro atoms. The molecule has 2 aromatic carbocycles. The Bertz CT molecular complexity index is 1150. The lowest BCUT2D eigenvalue weighted by atomic mass is 10.0. The number of ether oxygens (including phenoxy) is 2. The zero-order valence-electron chi connectivity index (χ0n) is 20.0. The molecular formula is C25H29N5O5S. The lowest BCUT2D eigenvalue weighted by Crippen LogP contribution is -2.49. The average Bonchev–Trinajstić information content (AvgIpc) is 3.33. The van der Waals surface area contributed by atoms with E-state index in [1.165, 1.54) is 18.4 Å². The summed E-state index contributed by atoms with van der Waals surface area (Å²) in [5.41, 5.74) is 8.23. The summed E-state index contributed by atoms with van der Waals surface area (Å²) in [6, 6.07) is 15.2. The van der Waals surface area contributed by atoms with Crippen LogP contribution in [0.4, 0.5) is 21.1 Å². The maximum absolute atomic E-state index is 13.4. The highest BCUT2D eigenvalue weighted by Gasteiger charge is 2.26. The Kier molecular flexibility index (Phi) is 9.64. The molecule has 0 aliphatic heterocycles. The van der Waals surface area contributed by atoms with E-state index in [1.54, 1.807) is 24.4 Å². The van der Waals surface area contributed by atoms with Crippen LogP contribution in [0.2, 0.25) is 0 Å². The molecule has 2 atom stereocenters. The molecule has 0 aliphatic carbocycles. The molecule has 0 fully saturated rings. The molecule has 5 N–H and O–H groups in total. The molecular weight excluding hydrogens is 482 g/mol. The Morgan fingerprint density at radius 1 is 0.972 bits per heavy atom. The van der Waals surface area contributed by atoms with Gasteiger partial charge in [-0.25, -0.2) is 14.6 Å². The highest BCUT2D eigenvalue weighted by molar-refractivity contribution is 7.10. The predicted octanol–water partition coefficient (Wildman–Crippen LogP) is 3.66. The summed E-state index contributed by atoms with van der Waals surface area (Å²) < 4.78 is 9.62. The van der Waals surface area contributed by atoms with Gasteiger partial charge in [-0.15, -0.1) is 11.3 Å². The van der Waals surface area contributed by atoms with E-state index in [1.807, 2.05) is 42.5 Å². The van der Waals surface area contributed by atoms with Gasteiger partial charge in [0.15, 0.2) is 0 Å². The van der Waals surface area contributed by atoms with Crippen LogP contribution < -0.4 is 21.7 Å². The third kappa shape index (κ3) is 7.98. The number of hydrogen-bond acceptors (Lipinski definition) is 8. The Balaban J connectivity index is 1.83. The molecule has 36 heavy (non-hydrogen) atoms. The van der Waals surface area contributed by atoms with Gasteiger partial charge in [0.2, 0.25) is 5.91 Å². The topological polar surface area (TPSA) is 145 Å². The molecule has 190 valence electrons. The van der Waals surface area contributed by atoms with Gasteiger partial charge >= 0.3 is 12.2 Å². The second-order valence-corrected chi connectivity index (χ2v) is 8.69. The van der Waals surface area contributed by atoms with Gasteiger partial charge < -0.3 is 25.8 Å². The second kappa shape index (κ2) is 13.1. The van der Waals surface area contributed by atoms with E-state index in [2.05, 4.69) is 20.9 Å². The van der Waals surface area contributed by atoms with Crippen molar-refractivity contribution in [1.82, 2.24) is 15.6 Å². The fourth-order valence-corrected chi connectivity index (χ4v) is 4.20. The number of rotatable bonds is 10. The number of aromatic nitrogens is 1. The number of nitrogens with two attached hydrogens (primary N) is 1. The van der Waals surface area contributed by atoms with Crippen LogP contribution in [-0.2, 0) is 27.1 Å². The summed E-state index contributed by atoms with van der Waals surface area (Å²) in [6.45, 7) is 1.94. The van der Waals surface area contributed by atoms with E-state index >= 15 is 0 Å². The molecule has 0 saturated heterocycles. The third-order valence-corrected chi connectivity index (χ3v) is 6.10. The number of alkyl carbamates (subject to hydrolysis) is 1. The van der Waals surface area contributed by atoms with Crippen molar-refractivity contribution in [3.63, 3.8) is 0 Å². The Morgan fingerprint density at radius 2 is 1.67 bits per heavy atom. The molecule has 0 saturated carbocycles. The molecule has 11 heteroatoms. The fraction of sp³-hybridized carbons (Fsp3) is 0.280. The number of amides is 3. The van der Waals surface area contributed by atoms with Crippen molar-refractivity contribution in [2.24, 2.45) is 0 Å². The van der Waals surface area contributed by atoms with Crippen LogP contribution in [0, 0.1) is 0 Å². The molecule has 3 rings (SSSR count). The van der Waals surface area contributed by atoms with E-state index in [4.69, 9.17) is 15.2 Å². The number of nitrogen functional groups attached to an aromatic ring is 1. The van der Waals surface area contributed by atoms with E-state index in [9.17, 15) is 14.4 Å². The number of carbonyl (C=O) groups is 3. The average molecular weight is 512 g/mol. The molecule has 0 bridgehead atoms. The SMILES string of the molecule is CCOC(=O)Nc1csc(C(Cc2ccc(N)cc2)NC(=O)C(Cc2ccccc2)NC(=O)OC)n1. The van der Waals surface area contributed by atoms with Gasteiger partial charge in [0.25, 0.3) is 0 Å². The third-order valence-electron chi connectivity index (χ3n) is 5.14. The Morgan fingerprint density at radius 3 is 2.33 bits per heavy atom. The van der Waals surface area contributed by atoms with Crippen molar-refractivity contribution in [2.75, 3.05) is 24.8 Å². The highest BCUT2D eigenvalue weighted by atomic mass is 32.1. The molecule has 1 aromatic heterocycles. The van der Waals surface area contributed by atoms with Gasteiger partial charge in [0, 0.05) is 17.5 Å². The van der Waals surface area contributed by atoms with Crippen LogP contribution in [0.25, 0.3) is 0 Å². The first-order valence-electron chi connectivity index (χ1n) is 11.3. The van der Waals surface area contributed by atoms with Gasteiger partial charge in [-0.3, -0.25) is 10.1 Å². The maximum atomic E-state index is 13.4. The van der Waals surface area contributed by atoms with Crippen molar-refractivity contribution in [3.05, 3.63) is 76.1 Å². The zero-order valence-corrected chi connectivity index (χ0v) is 20.8. The van der Waals surface area contributed by atoms with Gasteiger partial charge in [0.05, 0.1) is 19.8 Å². The van der Waals surface area contributed by atoms with E-state index in [0.29, 0.717) is 22.9 Å². The molecule has 1 heterocycles. The second-order valence-electron chi connectivity index (χ2n) is 7.80. The minimum absolute atomic E-state index is 0.231. The van der Waals surface area contributed by atoms with Gasteiger partial charge in [-0.2, -0.15) is 0 Å². The standard InChI is InChI=1S/C25H29N5O5S/c1-3-35-25(33)30-21-15-36-23(29-21)20(14-17-9-11-18(26)12-10-17)27-22(31)19(28-24(32)34-2)13-16-7-5-4-6-8-16/h4-12,15,19-20H,3,13-14,26H2,1-2H3,(H,27,31)(H,28,32)(H,30,33). The highest BCUT2D eigenvalue weighted by Crippen LogP contribution is 2.25. The quantitative estimate of drug-likeness (QED) is 0.304. The van der Waals surface area contributed by atoms with E-state index in [-0.39, 0.29) is 13.0 Å². The molecule has 0 aliphatic rings. The minimum Gasteiger partial charge on any atom is -0.453 e. The van der Waals surface area contributed by atoms with Crippen molar-refractivity contribution in [1.29, 1.82) is 0 Å². The Hall–Kier alpha value is -4.12. The number of hydrogen-bond donors (Lipinski definition) is 4. The first-order chi connectivity index (χ1) is 17.4. The zero-order chi connectivity index (χ0) is 25.9. The first-order valence-corrected chi connectivity index (χ1v) is 12.2. The smallest absolute Gasteiger partial charge is 0.412 e. The van der Waals surface area contributed by atoms with Crippen molar-refractivity contribution in [2.45, 2.75) is 31.8 Å². The number of benzene rings is 2. The van der Waals surface area contributed by atoms with Crippen molar-refractivity contribution >= 4 is 40.9 Å². The molecule has 0 radical (unpaired) electrons. The number of nitrogens with one attached hydrogen (secondary N) is 3. The number of thiazole rings is 1. The van der Waals surface area contributed by atoms with Crippen LogP contribution in [0.3, 0.4) is 0 Å². The van der Waals surface area contributed by atoms with E-state index < -0.39 is 30.2 Å². The summed E-state index contributed by atoms with van der Waals surface area (Å²) in [5.74, 6) is -0.0849. The lowest BCUT2D eigenvalue weighted by molar-refractivity contribution is -0.123. The fourth-order valence-electron chi connectivity index (χ4n) is 3.40. The van der Waals surface area contributed by atoms with Crippen LogP contribution in [0.15, 0.2) is 60.0 Å². The molecule has 2 unspecified atom stereocenters. The monoisotopic (exact) mass is 511 g/mol. The van der Waals surface area contributed by atoms with Gasteiger partial charge in [0.1, 0.15) is 16.9 Å². The number of anilines is 2. The van der Waals surface area contributed by atoms with E-state index in [0.717, 1.165) is 11.1 Å². The molecule has 3 amide bonds. The number of methoxy groups -OCH3 is 1. The summed E-state index contributed by atoms with van der Waals surface area (Å²) in [6.07, 6.45) is -0.645. The largest absolute Gasteiger partial charge is 0.453 e. The van der Waals surface area contributed by atoms with Crippen LogP contribution >= 0.6 is 11.3 Å². The number of nitrogens with zero attached hydrogens (tertiary/aromatic N) is 1. The summed E-state index contributed by atoms with van der Waals surface area (Å²) in [5, 5.41) is 10.4.